The average molecular weight is 380 g/mol. The van der Waals surface area contributed by atoms with Gasteiger partial charge in [-0.1, -0.05) is 6.07 Å². The molecular weight excluding hydrogens is 359 g/mol. The first-order valence-corrected chi connectivity index (χ1v) is 7.86. The SMILES string of the molecule is Cl.O=C(CCC1CCNC1)NCCc1ccc(F)c(Br)c1. The third kappa shape index (κ3) is 6.32. The molecule has 1 amide bonds. The van der Waals surface area contributed by atoms with Crippen LogP contribution in [0.25, 0.3) is 0 Å². The molecule has 2 rings (SSSR count). The van der Waals surface area contributed by atoms with Crippen molar-refractivity contribution in [3.05, 3.63) is 34.1 Å². The maximum Gasteiger partial charge on any atom is 0.220 e. The van der Waals surface area contributed by atoms with Crippen molar-refractivity contribution < 1.29 is 9.18 Å². The van der Waals surface area contributed by atoms with Gasteiger partial charge in [0, 0.05) is 13.0 Å². The molecule has 0 saturated carbocycles. The predicted molar refractivity (Wildman–Crippen MR) is 88.3 cm³/mol. The van der Waals surface area contributed by atoms with Gasteiger partial charge in [-0.25, -0.2) is 4.39 Å². The van der Waals surface area contributed by atoms with Crippen LogP contribution in [0.15, 0.2) is 22.7 Å². The van der Waals surface area contributed by atoms with Crippen LogP contribution in [0.1, 0.15) is 24.8 Å². The summed E-state index contributed by atoms with van der Waals surface area (Å²) in [5.74, 6) is 0.495. The summed E-state index contributed by atoms with van der Waals surface area (Å²) in [5, 5.41) is 6.22. The fourth-order valence-electron chi connectivity index (χ4n) is 2.43. The average Bonchev–Trinajstić information content (AvgIpc) is 2.94. The van der Waals surface area contributed by atoms with E-state index in [1.54, 1.807) is 12.1 Å². The zero-order valence-corrected chi connectivity index (χ0v) is 14.2. The van der Waals surface area contributed by atoms with Gasteiger partial charge in [0.1, 0.15) is 5.82 Å². The Morgan fingerprint density at radius 2 is 2.29 bits per heavy atom. The highest BCUT2D eigenvalue weighted by Crippen LogP contribution is 2.17. The number of benzene rings is 1. The monoisotopic (exact) mass is 378 g/mol. The number of nitrogens with one attached hydrogen (secondary N) is 2. The van der Waals surface area contributed by atoms with Crippen molar-refractivity contribution in [2.45, 2.75) is 25.7 Å². The van der Waals surface area contributed by atoms with Gasteiger partial charge in [-0.15, -0.1) is 12.4 Å². The van der Waals surface area contributed by atoms with Crippen molar-refractivity contribution in [2.24, 2.45) is 5.92 Å². The maximum absolute atomic E-state index is 13.1. The summed E-state index contributed by atoms with van der Waals surface area (Å²) < 4.78 is 13.5. The van der Waals surface area contributed by atoms with Gasteiger partial charge in [-0.3, -0.25) is 4.79 Å². The lowest BCUT2D eigenvalue weighted by Crippen LogP contribution is -2.26. The Hall–Kier alpha value is -0.650. The molecule has 0 aliphatic carbocycles. The molecule has 0 bridgehead atoms. The van der Waals surface area contributed by atoms with Gasteiger partial charge in [-0.2, -0.15) is 0 Å². The number of hydrogen-bond donors (Lipinski definition) is 2. The Morgan fingerprint density at radius 3 is 2.95 bits per heavy atom. The van der Waals surface area contributed by atoms with E-state index >= 15 is 0 Å². The second kappa shape index (κ2) is 9.38. The summed E-state index contributed by atoms with van der Waals surface area (Å²) in [5.41, 5.74) is 1.01. The van der Waals surface area contributed by atoms with Crippen molar-refractivity contribution in [1.29, 1.82) is 0 Å². The van der Waals surface area contributed by atoms with Gasteiger partial charge in [0.05, 0.1) is 4.47 Å². The molecule has 6 heteroatoms. The van der Waals surface area contributed by atoms with Crippen LogP contribution in [-0.2, 0) is 11.2 Å². The normalized spacial score (nSPS) is 17.3. The first-order chi connectivity index (χ1) is 9.65. The Kier molecular flexibility index (Phi) is 8.22. The Morgan fingerprint density at radius 1 is 1.48 bits per heavy atom. The molecule has 118 valence electrons. The van der Waals surface area contributed by atoms with Gasteiger partial charge < -0.3 is 10.6 Å². The van der Waals surface area contributed by atoms with Gasteiger partial charge >= 0.3 is 0 Å². The van der Waals surface area contributed by atoms with Crippen molar-refractivity contribution in [3.63, 3.8) is 0 Å². The maximum atomic E-state index is 13.1. The molecule has 1 fully saturated rings. The van der Waals surface area contributed by atoms with Crippen LogP contribution in [-0.4, -0.2) is 25.5 Å². The molecule has 1 aliphatic heterocycles. The van der Waals surface area contributed by atoms with Crippen molar-refractivity contribution in [3.8, 4) is 0 Å². The molecule has 1 unspecified atom stereocenters. The largest absolute Gasteiger partial charge is 0.356 e. The first-order valence-electron chi connectivity index (χ1n) is 7.06. The molecule has 1 saturated heterocycles. The molecular formula is C15H21BrClFN2O. The molecule has 1 aliphatic rings. The van der Waals surface area contributed by atoms with Crippen LogP contribution in [0, 0.1) is 11.7 Å². The summed E-state index contributed by atoms with van der Waals surface area (Å²) in [7, 11) is 0. The summed E-state index contributed by atoms with van der Waals surface area (Å²) in [6, 6.07) is 4.94. The summed E-state index contributed by atoms with van der Waals surface area (Å²) in [4.78, 5) is 11.7. The summed E-state index contributed by atoms with van der Waals surface area (Å²) in [6.07, 6.45) is 3.45. The summed E-state index contributed by atoms with van der Waals surface area (Å²) in [6.45, 7) is 2.71. The van der Waals surface area contributed by atoms with Crippen molar-refractivity contribution in [2.75, 3.05) is 19.6 Å². The van der Waals surface area contributed by atoms with E-state index in [1.165, 1.54) is 12.5 Å². The molecule has 1 atom stereocenters. The minimum Gasteiger partial charge on any atom is -0.356 e. The van der Waals surface area contributed by atoms with Gasteiger partial charge in [-0.05, 0) is 71.9 Å². The first kappa shape index (κ1) is 18.4. The van der Waals surface area contributed by atoms with Crippen LogP contribution in [0.3, 0.4) is 0 Å². The zero-order chi connectivity index (χ0) is 14.4. The van der Waals surface area contributed by atoms with E-state index in [1.807, 2.05) is 0 Å². The van der Waals surface area contributed by atoms with E-state index in [9.17, 15) is 9.18 Å². The van der Waals surface area contributed by atoms with Gasteiger partial charge in [0.2, 0.25) is 5.91 Å². The van der Waals surface area contributed by atoms with E-state index in [-0.39, 0.29) is 24.1 Å². The van der Waals surface area contributed by atoms with Crippen LogP contribution in [0.5, 0.6) is 0 Å². The lowest BCUT2D eigenvalue weighted by atomic mass is 10.0. The van der Waals surface area contributed by atoms with Gasteiger partial charge in [0.15, 0.2) is 0 Å². The third-order valence-corrected chi connectivity index (χ3v) is 4.27. The standard InChI is InChI=1S/C15H20BrFN2O.ClH/c16-13-9-11(1-3-14(13)17)6-8-19-15(20)4-2-12-5-7-18-10-12;/h1,3,9,12,18H,2,4-8,10H2,(H,19,20);1H. The molecule has 1 aromatic carbocycles. The number of carbonyl (C=O) groups is 1. The number of amides is 1. The van der Waals surface area contributed by atoms with E-state index in [0.717, 1.165) is 31.5 Å². The van der Waals surface area contributed by atoms with Crippen LogP contribution >= 0.6 is 28.3 Å². The Bertz CT molecular complexity index is 467. The predicted octanol–water partition coefficient (Wildman–Crippen LogP) is 3.06. The number of halogens is 3. The van der Waals surface area contributed by atoms with Crippen LogP contribution in [0.4, 0.5) is 4.39 Å². The minimum atomic E-state index is -0.261. The summed E-state index contributed by atoms with van der Waals surface area (Å²) >= 11 is 3.16. The molecule has 1 aromatic rings. The second-order valence-corrected chi connectivity index (χ2v) is 6.10. The molecule has 1 heterocycles. The van der Waals surface area contributed by atoms with E-state index in [4.69, 9.17) is 0 Å². The van der Waals surface area contributed by atoms with Crippen molar-refractivity contribution >= 4 is 34.2 Å². The van der Waals surface area contributed by atoms with Crippen LogP contribution < -0.4 is 10.6 Å². The molecule has 2 N–H and O–H groups in total. The Labute approximate surface area is 139 Å². The van der Waals surface area contributed by atoms with Crippen LogP contribution in [0.2, 0.25) is 0 Å². The van der Waals surface area contributed by atoms with Crippen molar-refractivity contribution in [1.82, 2.24) is 10.6 Å². The quantitative estimate of drug-likeness (QED) is 0.797. The third-order valence-electron chi connectivity index (χ3n) is 3.66. The number of rotatable bonds is 6. The molecule has 0 spiro atoms. The molecule has 0 radical (unpaired) electrons. The fraction of sp³-hybridized carbons (Fsp3) is 0.533. The lowest BCUT2D eigenvalue weighted by molar-refractivity contribution is -0.121. The zero-order valence-electron chi connectivity index (χ0n) is 11.8. The second-order valence-electron chi connectivity index (χ2n) is 5.25. The smallest absolute Gasteiger partial charge is 0.220 e. The lowest BCUT2D eigenvalue weighted by Gasteiger charge is -2.09. The Balaban J connectivity index is 0.00000220. The molecule has 0 aromatic heterocycles. The molecule has 3 nitrogen and oxygen atoms in total. The van der Waals surface area contributed by atoms with E-state index in [2.05, 4.69) is 26.6 Å². The van der Waals surface area contributed by atoms with E-state index in [0.29, 0.717) is 23.4 Å². The highest BCUT2D eigenvalue weighted by atomic mass is 79.9. The number of carbonyl (C=O) groups excluding carboxylic acids is 1. The van der Waals surface area contributed by atoms with Gasteiger partial charge in [0.25, 0.3) is 0 Å². The highest BCUT2D eigenvalue weighted by Gasteiger charge is 2.15. The highest BCUT2D eigenvalue weighted by molar-refractivity contribution is 9.10. The fourth-order valence-corrected chi connectivity index (χ4v) is 2.85. The molecule has 21 heavy (non-hydrogen) atoms. The van der Waals surface area contributed by atoms with E-state index < -0.39 is 0 Å². The minimum absolute atomic E-state index is 0. The number of hydrogen-bond acceptors (Lipinski definition) is 2. The topological polar surface area (TPSA) is 41.1 Å².